The zero-order valence-corrected chi connectivity index (χ0v) is 14.6. The van der Waals surface area contributed by atoms with Crippen LogP contribution in [0.3, 0.4) is 0 Å². The summed E-state index contributed by atoms with van der Waals surface area (Å²) in [6, 6.07) is 8.46. The van der Waals surface area contributed by atoms with Crippen molar-refractivity contribution in [1.29, 1.82) is 0 Å². The summed E-state index contributed by atoms with van der Waals surface area (Å²) < 4.78 is 2.23. The van der Waals surface area contributed by atoms with E-state index in [1.165, 1.54) is 0 Å². The molecule has 0 saturated heterocycles. The normalized spacial score (nSPS) is 14.2. The Kier molecular flexibility index (Phi) is 5.42. The number of carbonyl (C=O) groups excluding carboxylic acids is 1. The fourth-order valence-corrected chi connectivity index (χ4v) is 2.97. The molecule has 1 atom stereocenters. The first-order valence-corrected chi connectivity index (χ1v) is 8.40. The monoisotopic (exact) mass is 316 g/mol. The van der Waals surface area contributed by atoms with Crippen LogP contribution in [0.15, 0.2) is 24.3 Å². The van der Waals surface area contributed by atoms with Crippen LogP contribution < -0.4 is 11.1 Å². The predicted octanol–water partition coefficient (Wildman–Crippen LogP) is 2.79. The lowest BCUT2D eigenvalue weighted by Crippen LogP contribution is -2.51. The van der Waals surface area contributed by atoms with E-state index in [1.807, 2.05) is 25.1 Å². The Balaban J connectivity index is 2.08. The van der Waals surface area contributed by atoms with Crippen molar-refractivity contribution in [3.05, 3.63) is 30.1 Å². The first kappa shape index (κ1) is 17.5. The van der Waals surface area contributed by atoms with Gasteiger partial charge in [-0.15, -0.1) is 0 Å². The van der Waals surface area contributed by atoms with Crippen molar-refractivity contribution >= 4 is 16.9 Å². The van der Waals surface area contributed by atoms with Crippen molar-refractivity contribution in [2.24, 2.45) is 5.73 Å². The molecule has 1 aromatic carbocycles. The summed E-state index contributed by atoms with van der Waals surface area (Å²) in [7, 11) is 0. The van der Waals surface area contributed by atoms with Gasteiger partial charge in [0.25, 0.3) is 0 Å². The Hall–Kier alpha value is -1.88. The molecular formula is C18H28N4O. The SMILES string of the molecule is CCCC(C)(N)C(=O)NCCc1nc2ccccc2n1C(C)C. The molecule has 0 radical (unpaired) electrons. The molecule has 2 rings (SSSR count). The first-order chi connectivity index (χ1) is 10.9. The van der Waals surface area contributed by atoms with E-state index in [4.69, 9.17) is 10.7 Å². The number of hydrogen-bond donors (Lipinski definition) is 2. The van der Waals surface area contributed by atoms with Crippen molar-refractivity contribution < 1.29 is 4.79 Å². The van der Waals surface area contributed by atoms with Crippen molar-refractivity contribution in [3.63, 3.8) is 0 Å². The number of carbonyl (C=O) groups is 1. The van der Waals surface area contributed by atoms with Crippen LogP contribution in [0.25, 0.3) is 11.0 Å². The molecule has 1 amide bonds. The van der Waals surface area contributed by atoms with Gasteiger partial charge in [0.05, 0.1) is 16.6 Å². The van der Waals surface area contributed by atoms with Crippen LogP contribution in [0.4, 0.5) is 0 Å². The van der Waals surface area contributed by atoms with Gasteiger partial charge in [-0.25, -0.2) is 4.98 Å². The number of nitrogens with one attached hydrogen (secondary N) is 1. The molecule has 5 nitrogen and oxygen atoms in total. The summed E-state index contributed by atoms with van der Waals surface area (Å²) in [5.41, 5.74) is 7.39. The first-order valence-electron chi connectivity index (χ1n) is 8.40. The number of nitrogens with two attached hydrogens (primary N) is 1. The molecule has 0 aliphatic carbocycles. The zero-order chi connectivity index (χ0) is 17.0. The lowest BCUT2D eigenvalue weighted by molar-refractivity contribution is -0.126. The predicted molar refractivity (Wildman–Crippen MR) is 94.3 cm³/mol. The summed E-state index contributed by atoms with van der Waals surface area (Å²) >= 11 is 0. The van der Waals surface area contributed by atoms with E-state index in [9.17, 15) is 4.79 Å². The van der Waals surface area contributed by atoms with Gasteiger partial charge in [-0.05, 0) is 39.3 Å². The molecule has 126 valence electrons. The van der Waals surface area contributed by atoms with Crippen LogP contribution in [-0.2, 0) is 11.2 Å². The highest BCUT2D eigenvalue weighted by atomic mass is 16.2. The number of para-hydroxylation sites is 2. The summed E-state index contributed by atoms with van der Waals surface area (Å²) in [6.45, 7) is 8.66. The van der Waals surface area contributed by atoms with Gasteiger partial charge < -0.3 is 15.6 Å². The van der Waals surface area contributed by atoms with Crippen LogP contribution >= 0.6 is 0 Å². The van der Waals surface area contributed by atoms with E-state index >= 15 is 0 Å². The lowest BCUT2D eigenvalue weighted by atomic mass is 9.96. The van der Waals surface area contributed by atoms with E-state index in [2.05, 4.69) is 29.8 Å². The molecule has 0 bridgehead atoms. The molecule has 1 unspecified atom stereocenters. The maximum absolute atomic E-state index is 12.2. The topological polar surface area (TPSA) is 72.9 Å². The third-order valence-corrected chi connectivity index (χ3v) is 4.11. The van der Waals surface area contributed by atoms with Gasteiger partial charge in [0.15, 0.2) is 0 Å². The number of rotatable bonds is 7. The summed E-state index contributed by atoms with van der Waals surface area (Å²) in [6.07, 6.45) is 2.27. The average molecular weight is 316 g/mol. The van der Waals surface area contributed by atoms with Gasteiger partial charge in [0.1, 0.15) is 5.82 Å². The molecular weight excluding hydrogens is 288 g/mol. The van der Waals surface area contributed by atoms with E-state index < -0.39 is 5.54 Å². The van der Waals surface area contributed by atoms with E-state index in [0.29, 0.717) is 25.4 Å². The van der Waals surface area contributed by atoms with Gasteiger partial charge in [0, 0.05) is 19.0 Å². The Bertz CT molecular complexity index is 673. The van der Waals surface area contributed by atoms with Gasteiger partial charge in [0.2, 0.25) is 5.91 Å². The fourth-order valence-electron chi connectivity index (χ4n) is 2.97. The highest BCUT2D eigenvalue weighted by Gasteiger charge is 2.26. The van der Waals surface area contributed by atoms with Crippen LogP contribution in [0.2, 0.25) is 0 Å². The average Bonchev–Trinajstić information content (AvgIpc) is 2.85. The molecule has 0 spiro atoms. The molecule has 1 aromatic heterocycles. The fraction of sp³-hybridized carbons (Fsp3) is 0.556. The van der Waals surface area contributed by atoms with E-state index in [-0.39, 0.29) is 5.91 Å². The third-order valence-electron chi connectivity index (χ3n) is 4.11. The van der Waals surface area contributed by atoms with E-state index in [1.54, 1.807) is 6.92 Å². The third kappa shape index (κ3) is 3.91. The quantitative estimate of drug-likeness (QED) is 0.825. The smallest absolute Gasteiger partial charge is 0.239 e. The molecule has 23 heavy (non-hydrogen) atoms. The minimum atomic E-state index is -0.799. The number of benzene rings is 1. The zero-order valence-electron chi connectivity index (χ0n) is 14.6. The lowest BCUT2D eigenvalue weighted by Gasteiger charge is -2.23. The second-order valence-electron chi connectivity index (χ2n) is 6.65. The van der Waals surface area contributed by atoms with Crippen LogP contribution in [-0.4, -0.2) is 27.5 Å². The highest BCUT2D eigenvalue weighted by Crippen LogP contribution is 2.21. The Morgan fingerprint density at radius 1 is 1.39 bits per heavy atom. The molecule has 0 aliphatic heterocycles. The molecule has 2 aromatic rings. The minimum Gasteiger partial charge on any atom is -0.354 e. The maximum Gasteiger partial charge on any atom is 0.239 e. The highest BCUT2D eigenvalue weighted by molar-refractivity contribution is 5.85. The summed E-state index contributed by atoms with van der Waals surface area (Å²) in [4.78, 5) is 16.9. The minimum absolute atomic E-state index is 0.0911. The number of amides is 1. The number of hydrogen-bond acceptors (Lipinski definition) is 3. The van der Waals surface area contributed by atoms with Crippen molar-refractivity contribution in [3.8, 4) is 0 Å². The number of nitrogens with zero attached hydrogens (tertiary/aromatic N) is 2. The van der Waals surface area contributed by atoms with Crippen molar-refractivity contribution in [2.75, 3.05) is 6.54 Å². The maximum atomic E-state index is 12.2. The van der Waals surface area contributed by atoms with Crippen LogP contribution in [0.1, 0.15) is 52.4 Å². The van der Waals surface area contributed by atoms with Gasteiger partial charge in [-0.3, -0.25) is 4.79 Å². The van der Waals surface area contributed by atoms with Gasteiger partial charge in [-0.2, -0.15) is 0 Å². The van der Waals surface area contributed by atoms with Crippen LogP contribution in [0, 0.1) is 0 Å². The molecule has 0 saturated carbocycles. The molecule has 0 fully saturated rings. The van der Waals surface area contributed by atoms with E-state index in [0.717, 1.165) is 23.3 Å². The standard InChI is InChI=1S/C18H28N4O/c1-5-11-18(4,19)17(23)20-12-10-16-21-14-8-6-7-9-15(14)22(16)13(2)3/h6-9,13H,5,10-12,19H2,1-4H3,(H,20,23). The van der Waals surface area contributed by atoms with Crippen molar-refractivity contribution in [2.45, 2.75) is 58.5 Å². The number of aromatic nitrogens is 2. The Morgan fingerprint density at radius 2 is 2.09 bits per heavy atom. The van der Waals surface area contributed by atoms with Gasteiger partial charge >= 0.3 is 0 Å². The largest absolute Gasteiger partial charge is 0.354 e. The second-order valence-corrected chi connectivity index (χ2v) is 6.65. The molecule has 0 aliphatic rings. The number of imidazole rings is 1. The van der Waals surface area contributed by atoms with Crippen LogP contribution in [0.5, 0.6) is 0 Å². The Morgan fingerprint density at radius 3 is 2.74 bits per heavy atom. The van der Waals surface area contributed by atoms with Crippen molar-refractivity contribution in [1.82, 2.24) is 14.9 Å². The molecule has 3 N–H and O–H groups in total. The summed E-state index contributed by atoms with van der Waals surface area (Å²) in [5, 5.41) is 2.95. The Labute approximate surface area is 138 Å². The second kappa shape index (κ2) is 7.13. The van der Waals surface area contributed by atoms with Gasteiger partial charge in [-0.1, -0.05) is 25.5 Å². The molecule has 1 heterocycles. The molecule has 5 heteroatoms. The summed E-state index contributed by atoms with van der Waals surface area (Å²) in [5.74, 6) is 0.905. The number of fused-ring (bicyclic) bond motifs is 1.